The van der Waals surface area contributed by atoms with Gasteiger partial charge in [0.2, 0.25) is 5.91 Å². The predicted octanol–water partition coefficient (Wildman–Crippen LogP) is 2.02. The molecule has 0 spiro atoms. The zero-order valence-electron chi connectivity index (χ0n) is 13.3. The summed E-state index contributed by atoms with van der Waals surface area (Å²) >= 11 is 0. The number of amides is 1. The second-order valence-corrected chi connectivity index (χ2v) is 7.33. The molecule has 4 nitrogen and oxygen atoms in total. The third kappa shape index (κ3) is 3.73. The number of halogens is 1. The molecule has 0 aromatic heterocycles. The average molecular weight is 326 g/mol. The number of anilines is 1. The minimum absolute atomic E-state index is 0.0420. The molecular formula is C16H23FN2O2S. The van der Waals surface area contributed by atoms with Crippen molar-refractivity contribution in [2.45, 2.75) is 31.8 Å². The van der Waals surface area contributed by atoms with E-state index in [0.29, 0.717) is 18.0 Å². The van der Waals surface area contributed by atoms with Crippen molar-refractivity contribution in [2.75, 3.05) is 30.5 Å². The fourth-order valence-electron chi connectivity index (χ4n) is 2.91. The Morgan fingerprint density at radius 3 is 2.77 bits per heavy atom. The molecule has 0 saturated carbocycles. The van der Waals surface area contributed by atoms with Crippen LogP contribution in [0.2, 0.25) is 0 Å². The predicted molar refractivity (Wildman–Crippen MR) is 87.9 cm³/mol. The van der Waals surface area contributed by atoms with Gasteiger partial charge < -0.3 is 4.90 Å². The lowest BCUT2D eigenvalue weighted by atomic mass is 10.0. The Morgan fingerprint density at radius 2 is 2.14 bits per heavy atom. The number of carbonyl (C=O) groups excluding carboxylic acids is 1. The topological polar surface area (TPSA) is 40.6 Å². The number of benzene rings is 1. The lowest BCUT2D eigenvalue weighted by Gasteiger charge is -2.39. The molecule has 1 fully saturated rings. The van der Waals surface area contributed by atoms with Gasteiger partial charge in [-0.15, -0.1) is 0 Å². The van der Waals surface area contributed by atoms with Crippen LogP contribution in [-0.2, 0) is 15.6 Å². The molecule has 1 amide bonds. The van der Waals surface area contributed by atoms with Crippen LogP contribution in [0, 0.1) is 5.82 Å². The Hall–Kier alpha value is -1.27. The molecule has 0 N–H and O–H groups in total. The highest BCUT2D eigenvalue weighted by molar-refractivity contribution is 7.84. The van der Waals surface area contributed by atoms with Gasteiger partial charge in [-0.05, 0) is 38.9 Å². The summed E-state index contributed by atoms with van der Waals surface area (Å²) in [7, 11) is 0.973. The van der Waals surface area contributed by atoms with Crippen molar-refractivity contribution in [3.05, 3.63) is 30.1 Å². The highest BCUT2D eigenvalue weighted by Gasteiger charge is 2.35. The van der Waals surface area contributed by atoms with Gasteiger partial charge in [-0.2, -0.15) is 0 Å². The lowest BCUT2D eigenvalue weighted by molar-refractivity contribution is -0.125. The van der Waals surface area contributed by atoms with Gasteiger partial charge in [0.05, 0.1) is 11.7 Å². The van der Waals surface area contributed by atoms with Crippen molar-refractivity contribution < 1.29 is 13.4 Å². The zero-order chi connectivity index (χ0) is 16.3. The van der Waals surface area contributed by atoms with E-state index in [4.69, 9.17) is 0 Å². The fraction of sp³-hybridized carbons (Fsp3) is 0.562. The fourth-order valence-corrected chi connectivity index (χ4v) is 3.82. The second kappa shape index (κ2) is 7.33. The minimum atomic E-state index is -0.907. The van der Waals surface area contributed by atoms with E-state index in [1.54, 1.807) is 24.5 Å². The molecule has 0 bridgehead atoms. The van der Waals surface area contributed by atoms with E-state index in [-0.39, 0.29) is 23.8 Å². The van der Waals surface area contributed by atoms with Crippen LogP contribution in [0.1, 0.15) is 19.8 Å². The molecule has 122 valence electrons. The number of piperidine rings is 1. The van der Waals surface area contributed by atoms with Crippen molar-refractivity contribution in [3.8, 4) is 0 Å². The Bertz CT molecular complexity index is 567. The molecule has 1 aliphatic heterocycles. The standard InChI is InChI=1S/C16H23FN2O2S/c1-12(11-22(3)21)18(2)15-9-6-10-19(16(15)20)14-8-5-4-7-13(14)17/h4-5,7-8,12,15H,6,9-11H2,1-3H3/t12-,15+,22-/m1/s1. The highest BCUT2D eigenvalue weighted by Crippen LogP contribution is 2.26. The maximum atomic E-state index is 14.0. The van der Waals surface area contributed by atoms with Gasteiger partial charge in [-0.1, -0.05) is 12.1 Å². The van der Waals surface area contributed by atoms with Gasteiger partial charge in [0.1, 0.15) is 5.82 Å². The quantitative estimate of drug-likeness (QED) is 0.831. The first kappa shape index (κ1) is 17.1. The monoisotopic (exact) mass is 326 g/mol. The maximum Gasteiger partial charge on any atom is 0.244 e. The molecule has 1 saturated heterocycles. The number of carbonyl (C=O) groups is 1. The van der Waals surface area contributed by atoms with Gasteiger partial charge in [-0.3, -0.25) is 13.9 Å². The number of hydrogen-bond donors (Lipinski definition) is 0. The maximum absolute atomic E-state index is 14.0. The third-order valence-corrected chi connectivity index (χ3v) is 5.17. The molecule has 1 aromatic carbocycles. The van der Waals surface area contributed by atoms with Crippen LogP contribution in [0.4, 0.5) is 10.1 Å². The first-order valence-electron chi connectivity index (χ1n) is 7.49. The number of rotatable bonds is 5. The summed E-state index contributed by atoms with van der Waals surface area (Å²) in [6.07, 6.45) is 3.25. The Balaban J connectivity index is 2.16. The van der Waals surface area contributed by atoms with E-state index in [2.05, 4.69) is 0 Å². The van der Waals surface area contributed by atoms with E-state index in [9.17, 15) is 13.4 Å². The SMILES string of the molecule is C[C@H](C[S@@](C)=O)N(C)[C@H]1CCCN(c2ccccc2F)C1=O. The summed E-state index contributed by atoms with van der Waals surface area (Å²) in [6.45, 7) is 2.51. The van der Waals surface area contributed by atoms with E-state index in [1.807, 2.05) is 18.9 Å². The summed E-state index contributed by atoms with van der Waals surface area (Å²) < 4.78 is 25.4. The highest BCUT2D eigenvalue weighted by atomic mass is 32.2. The van der Waals surface area contributed by atoms with Gasteiger partial charge in [0.25, 0.3) is 0 Å². The smallest absolute Gasteiger partial charge is 0.244 e. The Labute approximate surface area is 133 Å². The molecule has 22 heavy (non-hydrogen) atoms. The molecular weight excluding hydrogens is 303 g/mol. The van der Waals surface area contributed by atoms with Crippen LogP contribution in [0.25, 0.3) is 0 Å². The summed E-state index contributed by atoms with van der Waals surface area (Å²) in [6, 6.07) is 6.13. The summed E-state index contributed by atoms with van der Waals surface area (Å²) in [4.78, 5) is 16.3. The van der Waals surface area contributed by atoms with Crippen LogP contribution in [-0.4, -0.2) is 52.7 Å². The summed E-state index contributed by atoms with van der Waals surface area (Å²) in [5.41, 5.74) is 0.345. The zero-order valence-corrected chi connectivity index (χ0v) is 14.1. The van der Waals surface area contributed by atoms with Crippen molar-refractivity contribution >= 4 is 22.4 Å². The third-order valence-electron chi connectivity index (χ3n) is 4.22. The Morgan fingerprint density at radius 1 is 1.45 bits per heavy atom. The molecule has 1 aliphatic rings. The molecule has 6 heteroatoms. The van der Waals surface area contributed by atoms with Crippen LogP contribution in [0.15, 0.2) is 24.3 Å². The van der Waals surface area contributed by atoms with Crippen LogP contribution < -0.4 is 4.90 Å². The largest absolute Gasteiger partial charge is 0.308 e. The molecule has 3 atom stereocenters. The van der Waals surface area contributed by atoms with Crippen molar-refractivity contribution in [3.63, 3.8) is 0 Å². The first-order valence-corrected chi connectivity index (χ1v) is 9.22. The average Bonchev–Trinajstić information content (AvgIpc) is 2.47. The van der Waals surface area contributed by atoms with E-state index in [0.717, 1.165) is 12.8 Å². The summed E-state index contributed by atoms with van der Waals surface area (Å²) in [5.74, 6) is 0.0782. The molecule has 0 unspecified atom stereocenters. The van der Waals surface area contributed by atoms with Crippen LogP contribution >= 0.6 is 0 Å². The van der Waals surface area contributed by atoms with E-state index < -0.39 is 10.8 Å². The minimum Gasteiger partial charge on any atom is -0.308 e. The molecule has 1 heterocycles. The molecule has 0 radical (unpaired) electrons. The number of para-hydroxylation sites is 1. The van der Waals surface area contributed by atoms with Crippen LogP contribution in [0.3, 0.4) is 0 Å². The molecule has 2 rings (SSSR count). The molecule has 0 aliphatic carbocycles. The van der Waals surface area contributed by atoms with Gasteiger partial charge in [0.15, 0.2) is 0 Å². The van der Waals surface area contributed by atoms with Crippen LogP contribution in [0.5, 0.6) is 0 Å². The van der Waals surface area contributed by atoms with E-state index in [1.165, 1.54) is 11.0 Å². The summed E-state index contributed by atoms with van der Waals surface area (Å²) in [5, 5.41) is 0. The first-order chi connectivity index (χ1) is 10.4. The Kier molecular flexibility index (Phi) is 5.69. The van der Waals surface area contributed by atoms with Gasteiger partial charge in [-0.25, -0.2) is 4.39 Å². The van der Waals surface area contributed by atoms with Crippen molar-refractivity contribution in [2.24, 2.45) is 0 Å². The number of likely N-dealkylation sites (N-methyl/N-ethyl adjacent to an activating group) is 1. The number of hydrogen-bond acceptors (Lipinski definition) is 3. The van der Waals surface area contributed by atoms with Gasteiger partial charge >= 0.3 is 0 Å². The van der Waals surface area contributed by atoms with Gasteiger partial charge in [0, 0.05) is 35.4 Å². The van der Waals surface area contributed by atoms with Crippen molar-refractivity contribution in [1.82, 2.24) is 4.90 Å². The molecule has 1 aromatic rings. The lowest BCUT2D eigenvalue weighted by Crippen LogP contribution is -2.54. The number of nitrogens with zero attached hydrogens (tertiary/aromatic N) is 2. The normalized spacial score (nSPS) is 22.0. The van der Waals surface area contributed by atoms with Crippen molar-refractivity contribution in [1.29, 1.82) is 0 Å². The van der Waals surface area contributed by atoms with E-state index >= 15 is 0 Å². The second-order valence-electron chi connectivity index (χ2n) is 5.85.